The molecule has 0 aliphatic heterocycles. The van der Waals surface area contributed by atoms with Crippen molar-refractivity contribution >= 4 is 0 Å². The van der Waals surface area contributed by atoms with Crippen LogP contribution in [0.3, 0.4) is 0 Å². The Labute approximate surface area is 92.7 Å². The number of hydrogen-bond donors (Lipinski definition) is 1. The van der Waals surface area contributed by atoms with E-state index in [0.29, 0.717) is 17.4 Å². The zero-order valence-corrected chi connectivity index (χ0v) is 8.76. The van der Waals surface area contributed by atoms with E-state index in [4.69, 9.17) is 10.3 Å². The van der Waals surface area contributed by atoms with Gasteiger partial charge in [-0.2, -0.15) is 4.98 Å². The highest BCUT2D eigenvalue weighted by atomic mass is 16.5. The van der Waals surface area contributed by atoms with E-state index in [1.54, 1.807) is 6.20 Å². The van der Waals surface area contributed by atoms with Crippen molar-refractivity contribution in [3.63, 3.8) is 0 Å². The first-order valence-corrected chi connectivity index (χ1v) is 5.32. The molecule has 1 aliphatic carbocycles. The largest absolute Gasteiger partial charge is 0.337 e. The predicted molar refractivity (Wildman–Crippen MR) is 57.2 cm³/mol. The van der Waals surface area contributed by atoms with E-state index in [1.165, 1.54) is 0 Å². The molecule has 1 fully saturated rings. The van der Waals surface area contributed by atoms with Gasteiger partial charge < -0.3 is 10.3 Å². The summed E-state index contributed by atoms with van der Waals surface area (Å²) in [5, 5.41) is 3.91. The topological polar surface area (TPSA) is 77.8 Å². The van der Waals surface area contributed by atoms with E-state index < -0.39 is 5.54 Å². The van der Waals surface area contributed by atoms with Crippen LogP contribution in [0.2, 0.25) is 0 Å². The quantitative estimate of drug-likeness (QED) is 0.822. The van der Waals surface area contributed by atoms with Crippen LogP contribution in [0.1, 0.15) is 25.2 Å². The Hall–Kier alpha value is -1.75. The molecule has 0 atom stereocenters. The summed E-state index contributed by atoms with van der Waals surface area (Å²) in [6, 6.07) is 5.58. The minimum atomic E-state index is -0.403. The number of nitrogens with two attached hydrogens (primary N) is 1. The molecule has 5 nitrogen and oxygen atoms in total. The summed E-state index contributed by atoms with van der Waals surface area (Å²) < 4.78 is 5.20. The van der Waals surface area contributed by atoms with E-state index in [9.17, 15) is 0 Å². The van der Waals surface area contributed by atoms with Gasteiger partial charge in [0.1, 0.15) is 5.69 Å². The van der Waals surface area contributed by atoms with Crippen molar-refractivity contribution in [2.45, 2.75) is 24.8 Å². The molecular formula is C11H12N4O. The van der Waals surface area contributed by atoms with Crippen molar-refractivity contribution in [3.8, 4) is 11.5 Å². The Morgan fingerprint density at radius 1 is 1.31 bits per heavy atom. The van der Waals surface area contributed by atoms with Gasteiger partial charge in [0.2, 0.25) is 11.7 Å². The van der Waals surface area contributed by atoms with Crippen LogP contribution in [-0.2, 0) is 5.54 Å². The highest BCUT2D eigenvalue weighted by Gasteiger charge is 2.40. The van der Waals surface area contributed by atoms with Gasteiger partial charge in [0.15, 0.2) is 0 Å². The molecule has 16 heavy (non-hydrogen) atoms. The standard InChI is InChI=1S/C11H12N4O/c12-11(5-3-6-11)10-14-9(15-16-10)8-4-1-2-7-13-8/h1-2,4,7H,3,5-6,12H2. The summed E-state index contributed by atoms with van der Waals surface area (Å²) in [5.74, 6) is 1.03. The highest BCUT2D eigenvalue weighted by Crippen LogP contribution is 2.38. The Morgan fingerprint density at radius 2 is 2.19 bits per heavy atom. The van der Waals surface area contributed by atoms with Crippen molar-refractivity contribution in [1.29, 1.82) is 0 Å². The van der Waals surface area contributed by atoms with Gasteiger partial charge in [-0.25, -0.2) is 0 Å². The van der Waals surface area contributed by atoms with Crippen LogP contribution in [0.4, 0.5) is 0 Å². The van der Waals surface area contributed by atoms with Gasteiger partial charge in [0.05, 0.1) is 5.54 Å². The molecule has 0 bridgehead atoms. The third-order valence-corrected chi connectivity index (χ3v) is 2.99. The third-order valence-electron chi connectivity index (χ3n) is 2.99. The normalized spacial score (nSPS) is 18.1. The molecule has 0 radical (unpaired) electrons. The van der Waals surface area contributed by atoms with Crippen LogP contribution >= 0.6 is 0 Å². The SMILES string of the molecule is NC1(c2nc(-c3ccccn3)no2)CCC1. The number of rotatable bonds is 2. The molecule has 2 N–H and O–H groups in total. The molecule has 2 aromatic heterocycles. The Morgan fingerprint density at radius 3 is 2.81 bits per heavy atom. The molecule has 0 unspecified atom stereocenters. The first-order valence-electron chi connectivity index (χ1n) is 5.32. The fourth-order valence-electron chi connectivity index (χ4n) is 1.80. The Kier molecular flexibility index (Phi) is 2.00. The summed E-state index contributed by atoms with van der Waals surface area (Å²) in [5.41, 5.74) is 6.40. The first-order chi connectivity index (χ1) is 7.78. The Bertz CT molecular complexity index is 490. The molecule has 0 spiro atoms. The van der Waals surface area contributed by atoms with E-state index in [-0.39, 0.29) is 0 Å². The highest BCUT2D eigenvalue weighted by molar-refractivity contribution is 5.47. The van der Waals surface area contributed by atoms with Crippen molar-refractivity contribution in [2.75, 3.05) is 0 Å². The zero-order valence-electron chi connectivity index (χ0n) is 8.76. The average molecular weight is 216 g/mol. The van der Waals surface area contributed by atoms with Crippen molar-refractivity contribution in [3.05, 3.63) is 30.3 Å². The van der Waals surface area contributed by atoms with Gasteiger partial charge in [0, 0.05) is 6.20 Å². The summed E-state index contributed by atoms with van der Waals surface area (Å²) in [7, 11) is 0. The van der Waals surface area contributed by atoms with Crippen LogP contribution in [0.25, 0.3) is 11.5 Å². The fraction of sp³-hybridized carbons (Fsp3) is 0.364. The van der Waals surface area contributed by atoms with Gasteiger partial charge >= 0.3 is 0 Å². The molecular weight excluding hydrogens is 204 g/mol. The van der Waals surface area contributed by atoms with Crippen LogP contribution in [0.15, 0.2) is 28.9 Å². The molecule has 1 saturated carbocycles. The van der Waals surface area contributed by atoms with Gasteiger partial charge in [-0.1, -0.05) is 11.2 Å². The second kappa shape index (κ2) is 3.38. The van der Waals surface area contributed by atoms with Gasteiger partial charge in [-0.15, -0.1) is 0 Å². The van der Waals surface area contributed by atoms with E-state index in [2.05, 4.69) is 15.1 Å². The van der Waals surface area contributed by atoms with Crippen molar-refractivity contribution < 1.29 is 4.52 Å². The molecule has 5 heteroatoms. The number of pyridine rings is 1. The zero-order chi connectivity index (χ0) is 11.0. The van der Waals surface area contributed by atoms with Crippen molar-refractivity contribution in [1.82, 2.24) is 15.1 Å². The van der Waals surface area contributed by atoms with Crippen LogP contribution < -0.4 is 5.73 Å². The van der Waals surface area contributed by atoms with E-state index in [0.717, 1.165) is 19.3 Å². The summed E-state index contributed by atoms with van der Waals surface area (Å²) in [6.07, 6.45) is 4.65. The van der Waals surface area contributed by atoms with E-state index in [1.807, 2.05) is 18.2 Å². The van der Waals surface area contributed by atoms with E-state index >= 15 is 0 Å². The summed E-state index contributed by atoms with van der Waals surface area (Å²) in [4.78, 5) is 8.47. The van der Waals surface area contributed by atoms with Crippen molar-refractivity contribution in [2.24, 2.45) is 5.73 Å². The molecule has 0 saturated heterocycles. The fourth-order valence-corrected chi connectivity index (χ4v) is 1.80. The molecule has 1 aliphatic rings. The second-order valence-electron chi connectivity index (χ2n) is 4.15. The molecule has 0 aromatic carbocycles. The van der Waals surface area contributed by atoms with Gasteiger partial charge in [-0.3, -0.25) is 4.98 Å². The van der Waals surface area contributed by atoms with Crippen LogP contribution in [0.5, 0.6) is 0 Å². The Balaban J connectivity index is 1.94. The maximum absolute atomic E-state index is 6.10. The summed E-state index contributed by atoms with van der Waals surface area (Å²) in [6.45, 7) is 0. The smallest absolute Gasteiger partial charge is 0.247 e. The number of aromatic nitrogens is 3. The summed E-state index contributed by atoms with van der Waals surface area (Å²) >= 11 is 0. The number of nitrogens with zero attached hydrogens (tertiary/aromatic N) is 3. The van der Waals surface area contributed by atoms with Gasteiger partial charge in [-0.05, 0) is 31.4 Å². The maximum atomic E-state index is 6.10. The molecule has 2 aromatic rings. The molecule has 82 valence electrons. The van der Waals surface area contributed by atoms with Crippen LogP contribution in [-0.4, -0.2) is 15.1 Å². The average Bonchev–Trinajstić information content (AvgIpc) is 2.77. The molecule has 2 heterocycles. The molecule has 3 rings (SSSR count). The first kappa shape index (κ1) is 9.47. The molecule has 0 amide bonds. The van der Waals surface area contributed by atoms with Crippen LogP contribution in [0, 0.1) is 0 Å². The minimum absolute atomic E-state index is 0.403. The second-order valence-corrected chi connectivity index (χ2v) is 4.15. The lowest BCUT2D eigenvalue weighted by molar-refractivity contribution is 0.181. The number of hydrogen-bond acceptors (Lipinski definition) is 5. The predicted octanol–water partition coefficient (Wildman–Crippen LogP) is 1.47. The maximum Gasteiger partial charge on any atom is 0.247 e. The lowest BCUT2D eigenvalue weighted by Gasteiger charge is -2.33. The lowest BCUT2D eigenvalue weighted by Crippen LogP contribution is -2.43. The minimum Gasteiger partial charge on any atom is -0.337 e. The van der Waals surface area contributed by atoms with Gasteiger partial charge in [0.25, 0.3) is 0 Å². The third kappa shape index (κ3) is 1.40. The monoisotopic (exact) mass is 216 g/mol. The lowest BCUT2D eigenvalue weighted by atomic mass is 9.78.